The van der Waals surface area contributed by atoms with Gasteiger partial charge in [0, 0.05) is 48.3 Å². The SMILES string of the molecule is CN1CCN(c2ccc3cc(C(=O)Nc4cc(-c5cccs5)ccc4N)cnc3c2)CC1. The van der Waals surface area contributed by atoms with Crippen LogP contribution in [0, 0.1) is 0 Å². The fraction of sp³-hybridized carbons (Fsp3) is 0.200. The van der Waals surface area contributed by atoms with Crippen LogP contribution < -0.4 is 16.0 Å². The molecule has 0 atom stereocenters. The largest absolute Gasteiger partial charge is 0.397 e. The van der Waals surface area contributed by atoms with Crippen molar-refractivity contribution in [3.8, 4) is 10.4 Å². The van der Waals surface area contributed by atoms with E-state index >= 15 is 0 Å². The number of nitrogens with one attached hydrogen (secondary N) is 1. The van der Waals surface area contributed by atoms with Crippen molar-refractivity contribution in [2.24, 2.45) is 0 Å². The highest BCUT2D eigenvalue weighted by Crippen LogP contribution is 2.30. The molecule has 2 aromatic heterocycles. The molecule has 4 aromatic rings. The molecule has 32 heavy (non-hydrogen) atoms. The molecule has 3 heterocycles. The van der Waals surface area contributed by atoms with Gasteiger partial charge in [0.05, 0.1) is 22.5 Å². The van der Waals surface area contributed by atoms with Crippen LogP contribution in [0.15, 0.2) is 66.2 Å². The third-order valence-electron chi connectivity index (χ3n) is 5.91. The third-order valence-corrected chi connectivity index (χ3v) is 6.82. The average Bonchev–Trinajstić information content (AvgIpc) is 3.35. The van der Waals surface area contributed by atoms with E-state index in [1.54, 1.807) is 17.5 Å². The van der Waals surface area contributed by atoms with E-state index in [4.69, 9.17) is 5.73 Å². The molecule has 0 bridgehead atoms. The summed E-state index contributed by atoms with van der Waals surface area (Å²) in [7, 11) is 2.15. The number of rotatable bonds is 4. The zero-order valence-electron chi connectivity index (χ0n) is 17.9. The molecule has 1 aliphatic heterocycles. The van der Waals surface area contributed by atoms with Crippen LogP contribution in [0.4, 0.5) is 17.1 Å². The second-order valence-corrected chi connectivity index (χ2v) is 9.07. The van der Waals surface area contributed by atoms with Gasteiger partial charge < -0.3 is 20.9 Å². The summed E-state index contributed by atoms with van der Waals surface area (Å²) in [4.78, 5) is 23.3. The number of hydrogen-bond donors (Lipinski definition) is 2. The molecule has 5 rings (SSSR count). The van der Waals surface area contributed by atoms with E-state index in [-0.39, 0.29) is 5.91 Å². The molecule has 1 fully saturated rings. The Morgan fingerprint density at radius 1 is 1.06 bits per heavy atom. The van der Waals surface area contributed by atoms with Gasteiger partial charge >= 0.3 is 0 Å². The number of fused-ring (bicyclic) bond motifs is 1. The van der Waals surface area contributed by atoms with Crippen LogP contribution in [0.25, 0.3) is 21.3 Å². The van der Waals surface area contributed by atoms with Gasteiger partial charge in [0.15, 0.2) is 0 Å². The van der Waals surface area contributed by atoms with Gasteiger partial charge in [-0.15, -0.1) is 11.3 Å². The highest BCUT2D eigenvalue weighted by atomic mass is 32.1. The summed E-state index contributed by atoms with van der Waals surface area (Å²) in [6.45, 7) is 4.13. The van der Waals surface area contributed by atoms with Crippen LogP contribution in [0.3, 0.4) is 0 Å². The number of hydrogen-bond acceptors (Lipinski definition) is 6. The lowest BCUT2D eigenvalue weighted by Gasteiger charge is -2.34. The zero-order valence-corrected chi connectivity index (χ0v) is 18.7. The van der Waals surface area contributed by atoms with Gasteiger partial charge in [-0.2, -0.15) is 0 Å². The van der Waals surface area contributed by atoms with Crippen LogP contribution >= 0.6 is 11.3 Å². The van der Waals surface area contributed by atoms with Gasteiger partial charge in [-0.1, -0.05) is 18.2 Å². The monoisotopic (exact) mass is 443 g/mol. The molecule has 7 heteroatoms. The van der Waals surface area contributed by atoms with Crippen molar-refractivity contribution in [1.82, 2.24) is 9.88 Å². The Hall–Kier alpha value is -3.42. The number of likely N-dealkylation sites (N-methyl/N-ethyl adjacent to an activating group) is 1. The van der Waals surface area contributed by atoms with Gasteiger partial charge in [-0.05, 0) is 54.4 Å². The highest BCUT2D eigenvalue weighted by Gasteiger charge is 2.16. The zero-order chi connectivity index (χ0) is 22.1. The van der Waals surface area contributed by atoms with Gasteiger partial charge in [0.1, 0.15) is 0 Å². The van der Waals surface area contributed by atoms with E-state index < -0.39 is 0 Å². The molecule has 0 saturated carbocycles. The van der Waals surface area contributed by atoms with Crippen LogP contribution in [0.2, 0.25) is 0 Å². The second-order valence-electron chi connectivity index (χ2n) is 8.12. The summed E-state index contributed by atoms with van der Waals surface area (Å²) >= 11 is 1.65. The molecule has 0 aliphatic carbocycles. The van der Waals surface area contributed by atoms with Crippen molar-refractivity contribution in [1.29, 1.82) is 0 Å². The van der Waals surface area contributed by atoms with E-state index in [9.17, 15) is 4.79 Å². The number of nitrogens with two attached hydrogens (primary N) is 1. The maximum absolute atomic E-state index is 12.9. The first-order valence-corrected chi connectivity index (χ1v) is 11.5. The number of amides is 1. The lowest BCUT2D eigenvalue weighted by Crippen LogP contribution is -2.44. The van der Waals surface area contributed by atoms with Crippen molar-refractivity contribution in [3.63, 3.8) is 0 Å². The number of nitrogen functional groups attached to an aromatic ring is 1. The number of anilines is 3. The molecule has 1 aliphatic rings. The first-order chi connectivity index (χ1) is 15.6. The van der Waals surface area contributed by atoms with Crippen LogP contribution in [0.5, 0.6) is 0 Å². The molecule has 0 radical (unpaired) electrons. The minimum atomic E-state index is -0.224. The Morgan fingerprint density at radius 3 is 2.69 bits per heavy atom. The Balaban J connectivity index is 1.36. The number of pyridine rings is 1. The van der Waals surface area contributed by atoms with E-state index in [2.05, 4.69) is 39.3 Å². The van der Waals surface area contributed by atoms with Gasteiger partial charge in [0.2, 0.25) is 0 Å². The first-order valence-electron chi connectivity index (χ1n) is 10.6. The lowest BCUT2D eigenvalue weighted by molar-refractivity contribution is 0.102. The molecule has 162 valence electrons. The lowest BCUT2D eigenvalue weighted by atomic mass is 10.1. The molecule has 3 N–H and O–H groups in total. The fourth-order valence-corrected chi connectivity index (χ4v) is 4.67. The summed E-state index contributed by atoms with van der Waals surface area (Å²) in [5.41, 5.74) is 10.8. The van der Waals surface area contributed by atoms with Crippen molar-refractivity contribution >= 4 is 45.2 Å². The van der Waals surface area contributed by atoms with Crippen molar-refractivity contribution < 1.29 is 4.79 Å². The molecular formula is C25H25N5OS. The predicted molar refractivity (Wildman–Crippen MR) is 134 cm³/mol. The summed E-state index contributed by atoms with van der Waals surface area (Å²) in [6, 6.07) is 17.9. The second kappa shape index (κ2) is 8.61. The third kappa shape index (κ3) is 4.17. The predicted octanol–water partition coefficient (Wildman–Crippen LogP) is 4.55. The quantitative estimate of drug-likeness (QED) is 0.453. The van der Waals surface area contributed by atoms with Gasteiger partial charge in [-0.25, -0.2) is 0 Å². The summed E-state index contributed by atoms with van der Waals surface area (Å²) in [5, 5.41) is 5.92. The highest BCUT2D eigenvalue weighted by molar-refractivity contribution is 7.13. The van der Waals surface area contributed by atoms with E-state index in [0.29, 0.717) is 16.9 Å². The van der Waals surface area contributed by atoms with Crippen LogP contribution in [-0.2, 0) is 0 Å². The first kappa shape index (κ1) is 20.5. The topological polar surface area (TPSA) is 74.5 Å². The molecule has 6 nitrogen and oxygen atoms in total. The standard InChI is InChI=1S/C25H25N5OS/c1-29-8-10-30(11-9-29)20-6-4-17-13-19(16-27-22(17)15-20)25(31)28-23-14-18(5-7-21(23)26)24-3-2-12-32-24/h2-7,12-16H,8-11,26H2,1H3,(H,28,31). The van der Waals surface area contributed by atoms with Crippen LogP contribution in [-0.4, -0.2) is 49.0 Å². The fourth-order valence-electron chi connectivity index (χ4n) is 3.95. The number of carbonyl (C=O) groups is 1. The maximum atomic E-state index is 12.9. The Morgan fingerprint density at radius 2 is 1.91 bits per heavy atom. The van der Waals surface area contributed by atoms with Gasteiger partial charge in [-0.3, -0.25) is 9.78 Å². The van der Waals surface area contributed by atoms with Crippen molar-refractivity contribution in [3.05, 3.63) is 71.7 Å². The number of benzene rings is 2. The van der Waals surface area contributed by atoms with Crippen LogP contribution in [0.1, 0.15) is 10.4 Å². The van der Waals surface area contributed by atoms with Gasteiger partial charge in [0.25, 0.3) is 5.91 Å². The number of piperazine rings is 1. The smallest absolute Gasteiger partial charge is 0.257 e. The summed E-state index contributed by atoms with van der Waals surface area (Å²) in [5.74, 6) is -0.224. The van der Waals surface area contributed by atoms with E-state index in [0.717, 1.165) is 47.5 Å². The molecule has 0 spiro atoms. The number of aromatic nitrogens is 1. The number of nitrogens with zero attached hydrogens (tertiary/aromatic N) is 3. The summed E-state index contributed by atoms with van der Waals surface area (Å²) < 4.78 is 0. The number of carbonyl (C=O) groups excluding carboxylic acids is 1. The number of thiophene rings is 1. The summed E-state index contributed by atoms with van der Waals surface area (Å²) in [6.07, 6.45) is 1.63. The molecule has 0 unspecified atom stereocenters. The van der Waals surface area contributed by atoms with Crippen molar-refractivity contribution in [2.45, 2.75) is 0 Å². The maximum Gasteiger partial charge on any atom is 0.257 e. The molecular weight excluding hydrogens is 418 g/mol. The minimum absolute atomic E-state index is 0.224. The Bertz CT molecular complexity index is 1260. The van der Waals surface area contributed by atoms with Crippen molar-refractivity contribution in [2.75, 3.05) is 49.2 Å². The normalized spacial score (nSPS) is 14.6. The molecule has 1 amide bonds. The Kier molecular flexibility index (Phi) is 5.51. The average molecular weight is 444 g/mol. The van der Waals surface area contributed by atoms with E-state index in [1.807, 2.05) is 47.8 Å². The minimum Gasteiger partial charge on any atom is -0.397 e. The Labute approximate surface area is 191 Å². The molecule has 1 saturated heterocycles. The molecule has 2 aromatic carbocycles. The van der Waals surface area contributed by atoms with E-state index in [1.165, 1.54) is 5.69 Å².